The molecule has 32 heavy (non-hydrogen) atoms. The van der Waals surface area contributed by atoms with Gasteiger partial charge < -0.3 is 9.80 Å². The van der Waals surface area contributed by atoms with E-state index in [4.69, 9.17) is 0 Å². The molecule has 3 aliphatic rings. The highest BCUT2D eigenvalue weighted by Crippen LogP contribution is 2.43. The summed E-state index contributed by atoms with van der Waals surface area (Å²) in [6.07, 6.45) is 1.44. The van der Waals surface area contributed by atoms with E-state index < -0.39 is 6.04 Å². The number of hydrogen-bond acceptors (Lipinski definition) is 5. The monoisotopic (exact) mass is 546 g/mol. The second-order valence-electron chi connectivity index (χ2n) is 8.42. The molecule has 1 atom stereocenters. The Hall–Kier alpha value is -2.69. The molecule has 0 aliphatic carbocycles. The third kappa shape index (κ3) is 3.25. The molecule has 5 rings (SSSR count). The second-order valence-corrected chi connectivity index (χ2v) is 9.39. The summed E-state index contributed by atoms with van der Waals surface area (Å²) in [7, 11) is 0. The Labute approximate surface area is 199 Å². The van der Waals surface area contributed by atoms with E-state index in [0.717, 1.165) is 51.3 Å². The Morgan fingerprint density at radius 3 is 2.59 bits per heavy atom. The number of imide groups is 1. The summed E-state index contributed by atoms with van der Waals surface area (Å²) < 4.78 is 1.10. The highest BCUT2D eigenvalue weighted by atomic mass is 127. The fourth-order valence-electron chi connectivity index (χ4n) is 5.02. The van der Waals surface area contributed by atoms with Crippen LogP contribution in [0.5, 0.6) is 0 Å². The standard InChI is InChI=1S/C23H23IN4O4/c1-14(29)25-10-3-11-26(13-12-25)17-7-6-16-21-15(17)4-2-5-18(21)27(22(16)31)19-8-9-20(30)28(24)23(19)32/h2,4-7,19H,3,8-13H2,1H3. The van der Waals surface area contributed by atoms with E-state index in [1.54, 1.807) is 34.7 Å². The maximum absolute atomic E-state index is 13.4. The van der Waals surface area contributed by atoms with Crippen molar-refractivity contribution < 1.29 is 19.2 Å². The van der Waals surface area contributed by atoms with Crippen molar-refractivity contribution in [3.05, 3.63) is 35.9 Å². The van der Waals surface area contributed by atoms with Crippen LogP contribution in [0.25, 0.3) is 10.8 Å². The number of amides is 4. The minimum absolute atomic E-state index is 0.0911. The third-order valence-electron chi connectivity index (χ3n) is 6.63. The largest absolute Gasteiger partial charge is 0.369 e. The van der Waals surface area contributed by atoms with Crippen molar-refractivity contribution in [2.45, 2.75) is 32.2 Å². The van der Waals surface area contributed by atoms with Gasteiger partial charge >= 0.3 is 0 Å². The third-order valence-corrected chi connectivity index (χ3v) is 7.64. The molecule has 0 saturated carbocycles. The molecule has 0 bridgehead atoms. The van der Waals surface area contributed by atoms with Gasteiger partial charge in [-0.15, -0.1) is 0 Å². The van der Waals surface area contributed by atoms with Crippen LogP contribution in [0.2, 0.25) is 0 Å². The van der Waals surface area contributed by atoms with Crippen LogP contribution < -0.4 is 9.80 Å². The minimum Gasteiger partial charge on any atom is -0.369 e. The zero-order chi connectivity index (χ0) is 22.6. The Morgan fingerprint density at radius 1 is 1.00 bits per heavy atom. The van der Waals surface area contributed by atoms with Crippen molar-refractivity contribution in [2.75, 3.05) is 36.0 Å². The Morgan fingerprint density at radius 2 is 1.81 bits per heavy atom. The Kier molecular flexibility index (Phi) is 5.31. The quantitative estimate of drug-likeness (QED) is 0.329. The number of carbonyl (C=O) groups is 4. The lowest BCUT2D eigenvalue weighted by molar-refractivity contribution is -0.140. The molecular formula is C23H23IN4O4. The SMILES string of the molecule is CC(=O)N1CCCN(c2ccc3c4c(cccc24)N(C2CCC(=O)N(I)C2=O)C3=O)CC1. The van der Waals surface area contributed by atoms with Gasteiger partial charge in [-0.05, 0) is 31.0 Å². The van der Waals surface area contributed by atoms with Crippen molar-refractivity contribution >= 4 is 68.6 Å². The van der Waals surface area contributed by atoms with Crippen LogP contribution in [0, 0.1) is 0 Å². The number of anilines is 2. The van der Waals surface area contributed by atoms with Crippen LogP contribution in [0.15, 0.2) is 30.3 Å². The van der Waals surface area contributed by atoms with Crippen LogP contribution in [-0.2, 0) is 14.4 Å². The van der Waals surface area contributed by atoms with Crippen LogP contribution in [0.4, 0.5) is 11.4 Å². The van der Waals surface area contributed by atoms with E-state index in [1.807, 2.05) is 35.2 Å². The second kappa shape index (κ2) is 8.02. The smallest absolute Gasteiger partial charge is 0.261 e. The summed E-state index contributed by atoms with van der Waals surface area (Å²) in [5.74, 6) is -0.679. The van der Waals surface area contributed by atoms with Crippen molar-refractivity contribution in [1.29, 1.82) is 0 Å². The molecule has 0 spiro atoms. The molecule has 4 amide bonds. The number of benzene rings is 2. The lowest BCUT2D eigenvalue weighted by Gasteiger charge is -2.33. The van der Waals surface area contributed by atoms with E-state index in [9.17, 15) is 19.2 Å². The molecule has 166 valence electrons. The molecule has 1 unspecified atom stereocenters. The Bertz CT molecular complexity index is 1170. The van der Waals surface area contributed by atoms with E-state index >= 15 is 0 Å². The fraction of sp³-hybridized carbons (Fsp3) is 0.391. The first kappa shape index (κ1) is 21.2. The molecule has 2 aromatic carbocycles. The van der Waals surface area contributed by atoms with Gasteiger partial charge in [0.25, 0.3) is 11.8 Å². The zero-order valence-corrected chi connectivity index (χ0v) is 19.9. The summed E-state index contributed by atoms with van der Waals surface area (Å²) in [4.78, 5) is 55.7. The lowest BCUT2D eigenvalue weighted by atomic mass is 10.0. The van der Waals surface area contributed by atoms with Crippen LogP contribution in [0.1, 0.15) is 36.5 Å². The van der Waals surface area contributed by atoms with Gasteiger partial charge in [-0.1, -0.05) is 12.1 Å². The van der Waals surface area contributed by atoms with Gasteiger partial charge in [0.05, 0.1) is 34.1 Å². The molecule has 0 radical (unpaired) electrons. The Balaban J connectivity index is 1.54. The van der Waals surface area contributed by atoms with E-state index in [2.05, 4.69) is 4.90 Å². The number of hydrogen-bond donors (Lipinski definition) is 0. The lowest BCUT2D eigenvalue weighted by Crippen LogP contribution is -2.52. The number of carbonyl (C=O) groups excluding carboxylic acids is 4. The van der Waals surface area contributed by atoms with Crippen molar-refractivity contribution in [2.24, 2.45) is 0 Å². The van der Waals surface area contributed by atoms with Crippen molar-refractivity contribution in [3.63, 3.8) is 0 Å². The van der Waals surface area contributed by atoms with Crippen LogP contribution >= 0.6 is 22.9 Å². The van der Waals surface area contributed by atoms with Gasteiger partial charge in [-0.25, -0.2) is 3.11 Å². The fourth-order valence-corrected chi connectivity index (χ4v) is 5.59. The predicted molar refractivity (Wildman–Crippen MR) is 129 cm³/mol. The zero-order valence-electron chi connectivity index (χ0n) is 17.7. The topological polar surface area (TPSA) is 81.2 Å². The van der Waals surface area contributed by atoms with Gasteiger partial charge in [0.2, 0.25) is 11.8 Å². The first-order chi connectivity index (χ1) is 15.4. The van der Waals surface area contributed by atoms with Gasteiger partial charge in [0.1, 0.15) is 6.04 Å². The van der Waals surface area contributed by atoms with Gasteiger partial charge in [0, 0.05) is 56.0 Å². The molecule has 2 fully saturated rings. The number of halogens is 1. The first-order valence-electron chi connectivity index (χ1n) is 10.8. The number of nitrogens with zero attached hydrogens (tertiary/aromatic N) is 4. The average molecular weight is 546 g/mol. The number of rotatable bonds is 2. The van der Waals surface area contributed by atoms with Gasteiger partial charge in [-0.2, -0.15) is 0 Å². The highest BCUT2D eigenvalue weighted by molar-refractivity contribution is 14.1. The van der Waals surface area contributed by atoms with Gasteiger partial charge in [-0.3, -0.25) is 24.1 Å². The predicted octanol–water partition coefficient (Wildman–Crippen LogP) is 2.73. The molecule has 0 N–H and O–H groups in total. The maximum atomic E-state index is 13.4. The van der Waals surface area contributed by atoms with Crippen molar-refractivity contribution in [1.82, 2.24) is 8.01 Å². The summed E-state index contributed by atoms with van der Waals surface area (Å²) >= 11 is 1.73. The van der Waals surface area contributed by atoms with E-state index in [0.29, 0.717) is 18.5 Å². The molecule has 0 aromatic heterocycles. The van der Waals surface area contributed by atoms with Crippen molar-refractivity contribution in [3.8, 4) is 0 Å². The summed E-state index contributed by atoms with van der Waals surface area (Å²) in [5.41, 5.74) is 2.34. The molecule has 2 saturated heterocycles. The summed E-state index contributed by atoms with van der Waals surface area (Å²) in [6.45, 7) is 4.57. The highest BCUT2D eigenvalue weighted by Gasteiger charge is 2.43. The molecular weight excluding hydrogens is 523 g/mol. The first-order valence-corrected chi connectivity index (χ1v) is 11.8. The van der Waals surface area contributed by atoms with Crippen LogP contribution in [-0.4, -0.2) is 63.9 Å². The van der Waals surface area contributed by atoms with Gasteiger partial charge in [0.15, 0.2) is 0 Å². The van der Waals surface area contributed by atoms with E-state index in [-0.39, 0.29) is 30.0 Å². The molecule has 3 aliphatic heterocycles. The maximum Gasteiger partial charge on any atom is 0.261 e. The summed E-state index contributed by atoms with van der Waals surface area (Å²) in [6, 6.07) is 8.94. The molecule has 9 heteroatoms. The molecule has 2 aromatic rings. The average Bonchev–Trinajstić information content (AvgIpc) is 2.94. The molecule has 3 heterocycles. The van der Waals surface area contributed by atoms with E-state index in [1.165, 1.54) is 0 Å². The van der Waals surface area contributed by atoms with Crippen LogP contribution in [0.3, 0.4) is 0 Å². The minimum atomic E-state index is -0.680. The summed E-state index contributed by atoms with van der Waals surface area (Å²) in [5, 5.41) is 1.82. The number of piperidine rings is 1. The molecule has 8 nitrogen and oxygen atoms in total. The normalized spacial score (nSPS) is 21.6.